The number of anilines is 2. The van der Waals surface area contributed by atoms with Crippen LogP contribution in [0.5, 0.6) is 0 Å². The summed E-state index contributed by atoms with van der Waals surface area (Å²) in [5, 5.41) is 17.5. The lowest BCUT2D eigenvalue weighted by atomic mass is 10.2. The number of nitrogens with one attached hydrogen (secondary N) is 2. The lowest BCUT2D eigenvalue weighted by Gasteiger charge is -2.11. The van der Waals surface area contributed by atoms with Crippen LogP contribution >= 0.6 is 11.6 Å². The van der Waals surface area contributed by atoms with Gasteiger partial charge in [-0.2, -0.15) is 0 Å². The zero-order chi connectivity index (χ0) is 17.8. The van der Waals surface area contributed by atoms with E-state index in [-0.39, 0.29) is 12.5 Å². The number of hydrogen-bond acceptors (Lipinski definition) is 5. The summed E-state index contributed by atoms with van der Waals surface area (Å²) in [6, 6.07) is 11.2. The maximum absolute atomic E-state index is 12.1. The van der Waals surface area contributed by atoms with Crippen molar-refractivity contribution in [2.75, 3.05) is 17.2 Å². The molecule has 8 heteroatoms. The van der Waals surface area contributed by atoms with Crippen molar-refractivity contribution in [3.05, 3.63) is 58.9 Å². The second kappa shape index (κ2) is 7.31. The number of aryl methyl sites for hydroxylation is 2. The Kier molecular flexibility index (Phi) is 4.95. The van der Waals surface area contributed by atoms with E-state index in [1.54, 1.807) is 10.7 Å². The molecule has 25 heavy (non-hydrogen) atoms. The first-order valence-corrected chi connectivity index (χ1v) is 8.04. The van der Waals surface area contributed by atoms with E-state index in [0.717, 1.165) is 22.5 Å². The standard InChI is InChI=1S/C17H17ClN6O/c1-11-3-5-15(14(18)7-11)21-17(25)9-19-13-4-6-16(12(2)8-13)24-10-20-22-23-24/h3-8,10,19H,9H2,1-2H3,(H,21,25). The second-order valence-electron chi connectivity index (χ2n) is 5.64. The van der Waals surface area contributed by atoms with E-state index < -0.39 is 0 Å². The Hall–Kier alpha value is -2.93. The number of carbonyl (C=O) groups excluding carboxylic acids is 1. The van der Waals surface area contributed by atoms with Gasteiger partial charge in [-0.1, -0.05) is 17.7 Å². The molecule has 1 amide bonds. The fourth-order valence-corrected chi connectivity index (χ4v) is 2.67. The number of rotatable bonds is 5. The molecule has 0 atom stereocenters. The minimum absolute atomic E-state index is 0.133. The van der Waals surface area contributed by atoms with Gasteiger partial charge in [0.1, 0.15) is 6.33 Å². The van der Waals surface area contributed by atoms with Crippen LogP contribution in [0.2, 0.25) is 5.02 Å². The van der Waals surface area contributed by atoms with Crippen LogP contribution in [0.25, 0.3) is 5.69 Å². The van der Waals surface area contributed by atoms with Crippen molar-refractivity contribution in [3.63, 3.8) is 0 Å². The largest absolute Gasteiger partial charge is 0.376 e. The molecule has 2 N–H and O–H groups in total. The summed E-state index contributed by atoms with van der Waals surface area (Å²) in [5.41, 5.74) is 4.34. The summed E-state index contributed by atoms with van der Waals surface area (Å²) in [7, 11) is 0. The van der Waals surface area contributed by atoms with E-state index in [2.05, 4.69) is 26.2 Å². The van der Waals surface area contributed by atoms with Gasteiger partial charge >= 0.3 is 0 Å². The van der Waals surface area contributed by atoms with Crippen molar-refractivity contribution in [2.45, 2.75) is 13.8 Å². The highest BCUT2D eigenvalue weighted by molar-refractivity contribution is 6.33. The highest BCUT2D eigenvalue weighted by Crippen LogP contribution is 2.22. The van der Waals surface area contributed by atoms with Gasteiger partial charge in [0.05, 0.1) is 22.9 Å². The molecule has 1 aromatic heterocycles. The molecule has 0 radical (unpaired) electrons. The molecule has 0 fully saturated rings. The van der Waals surface area contributed by atoms with E-state index >= 15 is 0 Å². The summed E-state index contributed by atoms with van der Waals surface area (Å²) in [4.78, 5) is 12.1. The molecule has 1 heterocycles. The first kappa shape index (κ1) is 16.9. The third kappa shape index (κ3) is 4.13. The molecular weight excluding hydrogens is 340 g/mol. The molecule has 0 saturated carbocycles. The van der Waals surface area contributed by atoms with E-state index in [9.17, 15) is 4.79 Å². The van der Waals surface area contributed by atoms with Crippen LogP contribution in [0.1, 0.15) is 11.1 Å². The van der Waals surface area contributed by atoms with Crippen LogP contribution in [0.3, 0.4) is 0 Å². The van der Waals surface area contributed by atoms with Crippen molar-refractivity contribution in [1.29, 1.82) is 0 Å². The van der Waals surface area contributed by atoms with E-state index in [0.29, 0.717) is 10.7 Å². The average molecular weight is 357 g/mol. The Morgan fingerprint density at radius 2 is 2.04 bits per heavy atom. The van der Waals surface area contributed by atoms with Gasteiger partial charge < -0.3 is 10.6 Å². The lowest BCUT2D eigenvalue weighted by molar-refractivity contribution is -0.114. The Morgan fingerprint density at radius 3 is 2.72 bits per heavy atom. The predicted molar refractivity (Wildman–Crippen MR) is 97.2 cm³/mol. The fourth-order valence-electron chi connectivity index (χ4n) is 2.39. The van der Waals surface area contributed by atoms with Crippen molar-refractivity contribution in [2.24, 2.45) is 0 Å². The summed E-state index contributed by atoms with van der Waals surface area (Å²) >= 11 is 6.12. The molecule has 0 aliphatic heterocycles. The Labute approximate surface area is 150 Å². The quantitative estimate of drug-likeness (QED) is 0.734. The fraction of sp³-hybridized carbons (Fsp3) is 0.176. The molecule has 0 bridgehead atoms. The first-order chi connectivity index (χ1) is 12.0. The first-order valence-electron chi connectivity index (χ1n) is 7.67. The zero-order valence-electron chi connectivity index (χ0n) is 13.8. The SMILES string of the molecule is Cc1ccc(NC(=O)CNc2ccc(-n3cnnn3)c(C)c2)c(Cl)c1. The minimum Gasteiger partial charge on any atom is -0.376 e. The molecule has 0 saturated heterocycles. The third-order valence-electron chi connectivity index (χ3n) is 3.64. The number of tetrazole rings is 1. The van der Waals surface area contributed by atoms with Crippen LogP contribution < -0.4 is 10.6 Å². The Balaban J connectivity index is 1.61. The minimum atomic E-state index is -0.173. The summed E-state index contributed by atoms with van der Waals surface area (Å²) < 4.78 is 1.59. The highest BCUT2D eigenvalue weighted by Gasteiger charge is 2.07. The van der Waals surface area contributed by atoms with Gasteiger partial charge in [-0.3, -0.25) is 4.79 Å². The molecule has 7 nitrogen and oxygen atoms in total. The molecule has 3 aromatic rings. The number of aromatic nitrogens is 4. The maximum Gasteiger partial charge on any atom is 0.243 e. The third-order valence-corrected chi connectivity index (χ3v) is 3.96. The van der Waals surface area contributed by atoms with Gasteiger partial charge in [-0.25, -0.2) is 4.68 Å². The van der Waals surface area contributed by atoms with Crippen LogP contribution in [-0.4, -0.2) is 32.7 Å². The number of benzene rings is 2. The van der Waals surface area contributed by atoms with Gasteiger partial charge in [-0.15, -0.1) is 5.10 Å². The smallest absolute Gasteiger partial charge is 0.243 e. The molecule has 2 aromatic carbocycles. The lowest BCUT2D eigenvalue weighted by Crippen LogP contribution is -2.22. The average Bonchev–Trinajstić information content (AvgIpc) is 3.10. The monoisotopic (exact) mass is 356 g/mol. The molecule has 0 aliphatic carbocycles. The molecular formula is C17H17ClN6O. The van der Waals surface area contributed by atoms with Gasteiger partial charge in [0.15, 0.2) is 0 Å². The van der Waals surface area contributed by atoms with E-state index in [1.807, 2.05) is 44.2 Å². The van der Waals surface area contributed by atoms with E-state index in [4.69, 9.17) is 11.6 Å². The van der Waals surface area contributed by atoms with Crippen LogP contribution in [-0.2, 0) is 4.79 Å². The highest BCUT2D eigenvalue weighted by atomic mass is 35.5. The maximum atomic E-state index is 12.1. The van der Waals surface area contributed by atoms with Gasteiger partial charge in [0, 0.05) is 5.69 Å². The number of halogens is 1. The number of carbonyl (C=O) groups is 1. The van der Waals surface area contributed by atoms with Crippen LogP contribution in [0, 0.1) is 13.8 Å². The molecule has 0 aliphatic rings. The second-order valence-corrected chi connectivity index (χ2v) is 6.05. The molecule has 0 spiro atoms. The summed E-state index contributed by atoms with van der Waals surface area (Å²) in [5.74, 6) is -0.173. The van der Waals surface area contributed by atoms with Crippen molar-refractivity contribution in [1.82, 2.24) is 20.2 Å². The van der Waals surface area contributed by atoms with Crippen LogP contribution in [0.4, 0.5) is 11.4 Å². The molecule has 0 unspecified atom stereocenters. The van der Waals surface area contributed by atoms with Crippen LogP contribution in [0.15, 0.2) is 42.7 Å². The number of hydrogen-bond donors (Lipinski definition) is 2. The molecule has 3 rings (SSSR count). The summed E-state index contributed by atoms with van der Waals surface area (Å²) in [6.45, 7) is 4.03. The van der Waals surface area contributed by atoms with Crippen molar-refractivity contribution in [3.8, 4) is 5.69 Å². The predicted octanol–water partition coefficient (Wildman–Crippen LogP) is 2.98. The summed E-state index contributed by atoms with van der Waals surface area (Å²) in [6.07, 6.45) is 1.54. The Morgan fingerprint density at radius 1 is 1.20 bits per heavy atom. The van der Waals surface area contributed by atoms with Gasteiger partial charge in [-0.05, 0) is 65.7 Å². The normalized spacial score (nSPS) is 10.5. The Bertz CT molecular complexity index is 894. The van der Waals surface area contributed by atoms with Crippen molar-refractivity contribution >= 4 is 28.9 Å². The molecule has 128 valence electrons. The number of amides is 1. The van der Waals surface area contributed by atoms with E-state index in [1.165, 1.54) is 6.33 Å². The zero-order valence-corrected chi connectivity index (χ0v) is 14.6. The number of nitrogens with zero attached hydrogens (tertiary/aromatic N) is 4. The topological polar surface area (TPSA) is 84.7 Å². The van der Waals surface area contributed by atoms with Gasteiger partial charge in [0.25, 0.3) is 0 Å². The van der Waals surface area contributed by atoms with Gasteiger partial charge in [0.2, 0.25) is 5.91 Å². The van der Waals surface area contributed by atoms with Crippen molar-refractivity contribution < 1.29 is 4.79 Å².